The smallest absolute Gasteiger partial charge is 0.311 e. The van der Waals surface area contributed by atoms with Crippen LogP contribution in [0.25, 0.3) is 0 Å². The van der Waals surface area contributed by atoms with Crippen molar-refractivity contribution < 1.29 is 47.6 Å². The molecular formula is C74H106O10. The highest BCUT2D eigenvalue weighted by Gasteiger charge is 2.41. The number of carbonyl (C=O) groups excluding carboxylic acids is 4. The number of ether oxygens (including phenoxy) is 6. The Morgan fingerprint density at radius 3 is 0.643 bits per heavy atom. The fourth-order valence-electron chi connectivity index (χ4n) is 12.0. The molecule has 0 spiro atoms. The lowest BCUT2D eigenvalue weighted by Crippen LogP contribution is -2.22. The number of hydrogen-bond acceptors (Lipinski definition) is 10. The number of fused-ring (bicyclic) bond motifs is 4. The Kier molecular flexibility index (Phi) is 32.0. The maximum atomic E-state index is 13.3. The molecule has 0 aromatic heterocycles. The molecule has 2 aliphatic heterocycles. The maximum Gasteiger partial charge on any atom is 0.311 e. The molecule has 10 nitrogen and oxygen atoms in total. The molecule has 0 aliphatic carbocycles. The first-order valence-electron chi connectivity index (χ1n) is 33.9. The molecule has 4 aromatic carbocycles. The first kappa shape index (κ1) is 67.5. The lowest BCUT2D eigenvalue weighted by Gasteiger charge is -2.38. The van der Waals surface area contributed by atoms with Crippen molar-refractivity contribution in [2.24, 2.45) is 0 Å². The van der Waals surface area contributed by atoms with E-state index in [2.05, 4.69) is 27.7 Å². The van der Waals surface area contributed by atoms with E-state index in [1.165, 1.54) is 154 Å². The highest BCUT2D eigenvalue weighted by Crippen LogP contribution is 2.59. The van der Waals surface area contributed by atoms with Crippen LogP contribution < -0.4 is 28.4 Å². The fraction of sp³-hybridized carbons (Fsp3) is 0.622. The van der Waals surface area contributed by atoms with Gasteiger partial charge < -0.3 is 28.4 Å². The van der Waals surface area contributed by atoms with Crippen molar-refractivity contribution in [1.29, 1.82) is 0 Å². The molecule has 0 N–H and O–H groups in total. The van der Waals surface area contributed by atoms with E-state index in [0.717, 1.165) is 99.3 Å². The van der Waals surface area contributed by atoms with Crippen LogP contribution in [0.4, 0.5) is 0 Å². The standard InChI is InChI=1S/C74H106O10/c1-5-9-13-17-21-25-29-33-37-41-69(75)79-57-45-49-61-65(53-57)83-66-54-58(80-70(76)42-38-34-30-26-22-18-14-10-6-2)46-50-62(66)73(61)74-63-51-47-59(81-71(77)43-39-35-31-27-23-19-15-11-7-3)55-67(63)84-68-56-60(48-52-64(68)74)82-72(78)44-40-36-32-28-24-20-16-12-8-4/h45-56,73-74H,5-44H2,1-4H3. The van der Waals surface area contributed by atoms with E-state index in [-0.39, 0.29) is 23.9 Å². The summed E-state index contributed by atoms with van der Waals surface area (Å²) < 4.78 is 37.6. The second-order valence-electron chi connectivity index (χ2n) is 24.2. The summed E-state index contributed by atoms with van der Waals surface area (Å²) in [4.78, 5) is 53.4. The number of carbonyl (C=O) groups is 4. The van der Waals surface area contributed by atoms with Crippen LogP contribution in [0.15, 0.2) is 72.8 Å². The van der Waals surface area contributed by atoms with Gasteiger partial charge in [0.05, 0.1) is 0 Å². The SMILES string of the molecule is CCCCCCCCCCCC(=O)Oc1ccc2c(c1)Oc1cc(OC(=O)CCCCCCCCCCC)ccc1C2C1c2ccc(OC(=O)CCCCCCCCCCC)cc2Oc2cc(OC(=O)CCCCCCCCCCC)ccc21. The molecule has 2 aliphatic rings. The van der Waals surface area contributed by atoms with Crippen LogP contribution in [0.1, 0.15) is 319 Å². The van der Waals surface area contributed by atoms with Crippen molar-refractivity contribution >= 4 is 23.9 Å². The highest BCUT2D eigenvalue weighted by atomic mass is 16.6. The predicted octanol–water partition coefficient (Wildman–Crippen LogP) is 22.2. The molecule has 462 valence electrons. The molecule has 0 saturated heterocycles. The van der Waals surface area contributed by atoms with Crippen LogP contribution >= 0.6 is 0 Å². The molecule has 0 amide bonds. The zero-order chi connectivity index (χ0) is 59.4. The normalized spacial score (nSPS) is 12.6. The zero-order valence-electron chi connectivity index (χ0n) is 52.4. The van der Waals surface area contributed by atoms with Gasteiger partial charge in [-0.05, 0) is 49.9 Å². The minimum absolute atomic E-state index is 0.284. The second-order valence-corrected chi connectivity index (χ2v) is 24.2. The molecular weight excluding hydrogens is 1050 g/mol. The number of rotatable bonds is 45. The molecule has 0 atom stereocenters. The van der Waals surface area contributed by atoms with Gasteiger partial charge >= 0.3 is 23.9 Å². The minimum atomic E-state index is -0.399. The summed E-state index contributed by atoms with van der Waals surface area (Å²) >= 11 is 0. The highest BCUT2D eigenvalue weighted by molar-refractivity contribution is 5.76. The van der Waals surface area contributed by atoms with E-state index in [9.17, 15) is 19.2 Å². The summed E-state index contributed by atoms with van der Waals surface area (Å²) in [7, 11) is 0. The van der Waals surface area contributed by atoms with E-state index in [1.807, 2.05) is 48.5 Å². The van der Waals surface area contributed by atoms with E-state index in [1.54, 1.807) is 24.3 Å². The number of hydrogen-bond donors (Lipinski definition) is 0. The minimum Gasteiger partial charge on any atom is -0.456 e. The fourth-order valence-corrected chi connectivity index (χ4v) is 12.0. The Balaban J connectivity index is 1.24. The third kappa shape index (κ3) is 24.0. The van der Waals surface area contributed by atoms with Crippen molar-refractivity contribution in [3.05, 3.63) is 95.1 Å². The monoisotopic (exact) mass is 1150 g/mol. The van der Waals surface area contributed by atoms with Crippen molar-refractivity contribution in [3.63, 3.8) is 0 Å². The number of unbranched alkanes of at least 4 members (excludes halogenated alkanes) is 32. The van der Waals surface area contributed by atoms with Gasteiger partial charge in [-0.3, -0.25) is 19.2 Å². The van der Waals surface area contributed by atoms with Gasteiger partial charge in [-0.15, -0.1) is 0 Å². The second kappa shape index (κ2) is 39.9. The van der Waals surface area contributed by atoms with Crippen LogP contribution in [-0.2, 0) is 19.2 Å². The average molecular weight is 1160 g/mol. The van der Waals surface area contributed by atoms with E-state index in [0.29, 0.717) is 71.7 Å². The lowest BCUT2D eigenvalue weighted by molar-refractivity contribution is -0.135. The number of benzene rings is 4. The molecule has 2 heterocycles. The number of esters is 4. The molecule has 6 rings (SSSR count). The van der Waals surface area contributed by atoms with E-state index in [4.69, 9.17) is 28.4 Å². The Morgan fingerprint density at radius 1 is 0.274 bits per heavy atom. The van der Waals surface area contributed by atoms with Crippen LogP contribution in [0, 0.1) is 0 Å². The van der Waals surface area contributed by atoms with Gasteiger partial charge in [0.1, 0.15) is 46.0 Å². The molecule has 0 radical (unpaired) electrons. The van der Waals surface area contributed by atoms with Gasteiger partial charge in [0.2, 0.25) is 0 Å². The third-order valence-corrected chi connectivity index (χ3v) is 16.9. The average Bonchev–Trinajstić information content (AvgIpc) is 0.870. The van der Waals surface area contributed by atoms with Crippen LogP contribution in [0.3, 0.4) is 0 Å². The van der Waals surface area contributed by atoms with Crippen molar-refractivity contribution in [1.82, 2.24) is 0 Å². The molecule has 0 bridgehead atoms. The van der Waals surface area contributed by atoms with Crippen molar-refractivity contribution in [3.8, 4) is 46.0 Å². The van der Waals surface area contributed by atoms with Crippen LogP contribution in [0.2, 0.25) is 0 Å². The third-order valence-electron chi connectivity index (χ3n) is 16.9. The molecule has 10 heteroatoms. The molecule has 84 heavy (non-hydrogen) atoms. The Morgan fingerprint density at radius 2 is 0.452 bits per heavy atom. The van der Waals surface area contributed by atoms with Gasteiger partial charge in [-0.2, -0.15) is 0 Å². The molecule has 0 fully saturated rings. The summed E-state index contributed by atoms with van der Waals surface area (Å²) in [6, 6.07) is 22.4. The van der Waals surface area contributed by atoms with E-state index >= 15 is 0 Å². The predicted molar refractivity (Wildman–Crippen MR) is 340 cm³/mol. The summed E-state index contributed by atoms with van der Waals surface area (Å²) in [6.45, 7) is 8.95. The van der Waals surface area contributed by atoms with Gasteiger partial charge in [0, 0.05) is 84.0 Å². The van der Waals surface area contributed by atoms with Gasteiger partial charge in [-0.1, -0.05) is 257 Å². The molecule has 0 unspecified atom stereocenters. The summed E-state index contributed by atoms with van der Waals surface area (Å²) in [6.07, 6.45) is 42.9. The molecule has 0 saturated carbocycles. The van der Waals surface area contributed by atoms with Crippen molar-refractivity contribution in [2.75, 3.05) is 0 Å². The Hall–Kier alpha value is -5.64. The van der Waals surface area contributed by atoms with Crippen molar-refractivity contribution in [2.45, 2.75) is 296 Å². The summed E-state index contributed by atoms with van der Waals surface area (Å²) in [5.41, 5.74) is 3.42. The molecule has 4 aromatic rings. The Bertz CT molecular complexity index is 2220. The largest absolute Gasteiger partial charge is 0.456 e. The Labute approximate surface area is 506 Å². The topological polar surface area (TPSA) is 124 Å². The quantitative estimate of drug-likeness (QED) is 0.0240. The first-order valence-corrected chi connectivity index (χ1v) is 33.9. The van der Waals surface area contributed by atoms with E-state index < -0.39 is 11.8 Å². The zero-order valence-corrected chi connectivity index (χ0v) is 52.4. The maximum absolute atomic E-state index is 13.3. The lowest BCUT2D eigenvalue weighted by atomic mass is 9.71. The van der Waals surface area contributed by atoms with Crippen LogP contribution in [-0.4, -0.2) is 23.9 Å². The summed E-state index contributed by atoms with van der Waals surface area (Å²) in [5.74, 6) is 1.65. The summed E-state index contributed by atoms with van der Waals surface area (Å²) in [5, 5.41) is 0. The van der Waals surface area contributed by atoms with Gasteiger partial charge in [0.25, 0.3) is 0 Å². The van der Waals surface area contributed by atoms with Gasteiger partial charge in [-0.25, -0.2) is 0 Å². The van der Waals surface area contributed by atoms with Crippen LogP contribution in [0.5, 0.6) is 46.0 Å². The first-order chi connectivity index (χ1) is 41.2. The van der Waals surface area contributed by atoms with Gasteiger partial charge in [0.15, 0.2) is 0 Å².